The Morgan fingerprint density at radius 2 is 1.64 bits per heavy atom. The molecule has 0 radical (unpaired) electrons. The molecule has 0 saturated heterocycles. The van der Waals surface area contributed by atoms with Crippen molar-refractivity contribution in [2.45, 2.75) is 46.2 Å². The van der Waals surface area contributed by atoms with Gasteiger partial charge >= 0.3 is 0 Å². The minimum absolute atomic E-state index is 0.0503. The van der Waals surface area contributed by atoms with Crippen LogP contribution in [0.1, 0.15) is 45.2 Å². The molecule has 2 N–H and O–H groups in total. The molecule has 4 heteroatoms. The van der Waals surface area contributed by atoms with Gasteiger partial charge in [-0.15, -0.1) is 0 Å². The number of nitrogens with zero attached hydrogens (tertiary/aromatic N) is 1. The minimum Gasteiger partial charge on any atom is -0.372 e. The van der Waals surface area contributed by atoms with Crippen LogP contribution in [0.2, 0.25) is 0 Å². The van der Waals surface area contributed by atoms with Gasteiger partial charge in [0.2, 0.25) is 0 Å². The van der Waals surface area contributed by atoms with Gasteiger partial charge in [0.15, 0.2) is 5.78 Å². The summed E-state index contributed by atoms with van der Waals surface area (Å²) in [5.41, 5.74) is 7.55. The van der Waals surface area contributed by atoms with Crippen molar-refractivity contribution in [2.24, 2.45) is 5.41 Å². The number of carbonyl (C=O) groups excluding carboxylic acids is 1. The summed E-state index contributed by atoms with van der Waals surface area (Å²) in [7, 11) is 0. The highest BCUT2D eigenvalue weighted by Crippen LogP contribution is 2.46. The molecular formula is C29H29N3O. The number of rotatable bonds is 2. The van der Waals surface area contributed by atoms with E-state index in [4.69, 9.17) is 0 Å². The summed E-state index contributed by atoms with van der Waals surface area (Å²) in [6, 6.07) is 23.3. The number of aryl methyl sites for hydroxylation is 1. The van der Waals surface area contributed by atoms with Crippen LogP contribution in [0.15, 0.2) is 78.0 Å². The largest absolute Gasteiger partial charge is 0.372 e. The van der Waals surface area contributed by atoms with Crippen LogP contribution in [-0.4, -0.2) is 10.4 Å². The highest BCUT2D eigenvalue weighted by Gasteiger charge is 2.38. The second-order valence-electron chi connectivity index (χ2n) is 10.1. The van der Waals surface area contributed by atoms with Crippen LogP contribution in [0, 0.1) is 5.41 Å². The fourth-order valence-corrected chi connectivity index (χ4v) is 5.73. The number of hydrogen-bond donors (Lipinski definition) is 2. The molecule has 0 bridgehead atoms. The van der Waals surface area contributed by atoms with Crippen molar-refractivity contribution in [3.63, 3.8) is 0 Å². The van der Waals surface area contributed by atoms with Gasteiger partial charge in [0, 0.05) is 46.0 Å². The van der Waals surface area contributed by atoms with Gasteiger partial charge in [-0.05, 0) is 54.7 Å². The van der Waals surface area contributed by atoms with E-state index in [1.165, 1.54) is 21.8 Å². The molecule has 3 aromatic carbocycles. The predicted molar refractivity (Wildman–Crippen MR) is 137 cm³/mol. The Morgan fingerprint density at radius 1 is 0.909 bits per heavy atom. The second kappa shape index (κ2) is 7.24. The van der Waals surface area contributed by atoms with Crippen LogP contribution >= 0.6 is 0 Å². The molecule has 1 aromatic heterocycles. The summed E-state index contributed by atoms with van der Waals surface area (Å²) >= 11 is 0. The molecule has 0 spiro atoms. The predicted octanol–water partition coefficient (Wildman–Crippen LogP) is 7.04. The molecule has 0 saturated carbocycles. The molecule has 33 heavy (non-hydrogen) atoms. The van der Waals surface area contributed by atoms with Crippen molar-refractivity contribution in [3.8, 4) is 0 Å². The first kappa shape index (κ1) is 20.1. The van der Waals surface area contributed by atoms with E-state index in [-0.39, 0.29) is 17.2 Å². The number of allylic oxidation sites excluding steroid dienone is 1. The van der Waals surface area contributed by atoms with Crippen LogP contribution in [-0.2, 0) is 11.3 Å². The average molecular weight is 436 g/mol. The van der Waals surface area contributed by atoms with E-state index in [2.05, 4.69) is 90.6 Å². The molecule has 1 unspecified atom stereocenters. The lowest BCUT2D eigenvalue weighted by atomic mass is 9.73. The van der Waals surface area contributed by atoms with Gasteiger partial charge in [0.1, 0.15) is 0 Å². The van der Waals surface area contributed by atoms with Crippen LogP contribution < -0.4 is 10.6 Å². The van der Waals surface area contributed by atoms with E-state index in [0.717, 1.165) is 41.2 Å². The van der Waals surface area contributed by atoms with E-state index in [1.54, 1.807) is 0 Å². The van der Waals surface area contributed by atoms with Crippen molar-refractivity contribution >= 4 is 39.0 Å². The number of nitrogens with one attached hydrogen (secondary N) is 2. The molecule has 4 aromatic rings. The molecule has 166 valence electrons. The normalized spacial score (nSPS) is 19.6. The zero-order valence-electron chi connectivity index (χ0n) is 19.4. The molecule has 2 aliphatic rings. The van der Waals surface area contributed by atoms with Crippen LogP contribution in [0.4, 0.5) is 11.4 Å². The standard InChI is InChI=1S/C29H29N3O/c1-4-32-24-12-8-5-9-19(24)20-15-18(13-14-25(20)32)28-27-23(16-29(2,3)17-26(27)33)30-21-10-6-7-11-22(21)31-28/h5-15,28,30-31H,4,16-17H2,1-3H3. The fourth-order valence-electron chi connectivity index (χ4n) is 5.73. The molecule has 0 amide bonds. The van der Waals surface area contributed by atoms with E-state index >= 15 is 0 Å². The highest BCUT2D eigenvalue weighted by molar-refractivity contribution is 6.08. The van der Waals surface area contributed by atoms with E-state index in [1.807, 2.05) is 12.1 Å². The summed E-state index contributed by atoms with van der Waals surface area (Å²) in [6.45, 7) is 7.47. The number of fused-ring (bicyclic) bond motifs is 4. The maximum Gasteiger partial charge on any atom is 0.163 e. The molecule has 4 nitrogen and oxygen atoms in total. The van der Waals surface area contributed by atoms with Crippen molar-refractivity contribution in [2.75, 3.05) is 10.6 Å². The topological polar surface area (TPSA) is 46.1 Å². The summed E-state index contributed by atoms with van der Waals surface area (Å²) in [5, 5.41) is 9.83. The first-order valence-electron chi connectivity index (χ1n) is 11.8. The fraction of sp³-hybridized carbons (Fsp3) is 0.276. The number of anilines is 2. The molecule has 1 atom stereocenters. The van der Waals surface area contributed by atoms with Crippen molar-refractivity contribution in [1.29, 1.82) is 0 Å². The van der Waals surface area contributed by atoms with E-state index in [9.17, 15) is 4.79 Å². The Hall–Kier alpha value is -3.53. The van der Waals surface area contributed by atoms with Crippen LogP contribution in [0.3, 0.4) is 0 Å². The number of para-hydroxylation sites is 3. The van der Waals surface area contributed by atoms with Crippen LogP contribution in [0.25, 0.3) is 21.8 Å². The Bertz CT molecular complexity index is 1460. The first-order chi connectivity index (χ1) is 15.9. The number of aromatic nitrogens is 1. The maximum absolute atomic E-state index is 13.5. The Labute approximate surface area is 194 Å². The number of ketones is 1. The Kier molecular flexibility index (Phi) is 4.41. The number of Topliss-reactive ketones (excluding diaryl/α,β-unsaturated/α-hetero) is 1. The van der Waals surface area contributed by atoms with Gasteiger partial charge in [-0.25, -0.2) is 0 Å². The third-order valence-corrected chi connectivity index (χ3v) is 7.17. The van der Waals surface area contributed by atoms with Crippen molar-refractivity contribution < 1.29 is 4.79 Å². The first-order valence-corrected chi connectivity index (χ1v) is 11.8. The molecule has 6 rings (SSSR count). The van der Waals surface area contributed by atoms with Gasteiger partial charge < -0.3 is 15.2 Å². The van der Waals surface area contributed by atoms with E-state index in [0.29, 0.717) is 6.42 Å². The molecule has 1 aliphatic heterocycles. The molecule has 1 aliphatic carbocycles. The lowest BCUT2D eigenvalue weighted by molar-refractivity contribution is -0.118. The SMILES string of the molecule is CCn1c2ccccc2c2cc(C3Nc4ccccc4NC4=C3C(=O)CC(C)(C)C4)ccc21. The summed E-state index contributed by atoms with van der Waals surface area (Å²) in [5.74, 6) is 0.232. The zero-order chi connectivity index (χ0) is 22.7. The van der Waals surface area contributed by atoms with Gasteiger partial charge in [0.25, 0.3) is 0 Å². The van der Waals surface area contributed by atoms with Gasteiger partial charge in [-0.3, -0.25) is 4.79 Å². The summed E-state index contributed by atoms with van der Waals surface area (Å²) in [4.78, 5) is 13.5. The molecule has 2 heterocycles. The van der Waals surface area contributed by atoms with Crippen LogP contribution in [0.5, 0.6) is 0 Å². The van der Waals surface area contributed by atoms with Gasteiger partial charge in [0.05, 0.1) is 17.4 Å². The Morgan fingerprint density at radius 3 is 2.45 bits per heavy atom. The summed E-state index contributed by atoms with van der Waals surface area (Å²) < 4.78 is 2.37. The van der Waals surface area contributed by atoms with Crippen molar-refractivity contribution in [3.05, 3.63) is 83.6 Å². The Balaban J connectivity index is 1.58. The second-order valence-corrected chi connectivity index (χ2v) is 10.1. The quantitative estimate of drug-likeness (QED) is 0.355. The lowest BCUT2D eigenvalue weighted by Gasteiger charge is -2.34. The lowest BCUT2D eigenvalue weighted by Crippen LogP contribution is -2.31. The number of hydrogen-bond acceptors (Lipinski definition) is 3. The smallest absolute Gasteiger partial charge is 0.163 e. The average Bonchev–Trinajstić information content (AvgIpc) is 3.00. The monoisotopic (exact) mass is 435 g/mol. The van der Waals surface area contributed by atoms with Gasteiger partial charge in [-0.1, -0.05) is 50.2 Å². The number of carbonyl (C=O) groups is 1. The minimum atomic E-state index is -0.187. The third-order valence-electron chi connectivity index (χ3n) is 7.17. The number of benzene rings is 3. The van der Waals surface area contributed by atoms with Crippen molar-refractivity contribution in [1.82, 2.24) is 4.57 Å². The van der Waals surface area contributed by atoms with E-state index < -0.39 is 0 Å². The molecular weight excluding hydrogens is 406 g/mol. The zero-order valence-corrected chi connectivity index (χ0v) is 19.4. The summed E-state index contributed by atoms with van der Waals surface area (Å²) in [6.07, 6.45) is 1.43. The highest BCUT2D eigenvalue weighted by atomic mass is 16.1. The maximum atomic E-state index is 13.5. The van der Waals surface area contributed by atoms with Gasteiger partial charge in [-0.2, -0.15) is 0 Å². The third kappa shape index (κ3) is 3.16. The molecule has 0 fully saturated rings.